The highest BCUT2D eigenvalue weighted by Gasteiger charge is 2.20. The standard InChI is InChI=1S/C13H17BrN2O3/c1-8(2)16(6-5-12(17)18)13(19)9-3-4-10(14)11(15)7-9/h3-4,7-8H,5-6,15H2,1-2H3,(H,17,18). The summed E-state index contributed by atoms with van der Waals surface area (Å²) < 4.78 is 0.727. The van der Waals surface area contributed by atoms with Gasteiger partial charge in [-0.25, -0.2) is 0 Å². The number of amides is 1. The van der Waals surface area contributed by atoms with Crippen LogP contribution in [0.2, 0.25) is 0 Å². The largest absolute Gasteiger partial charge is 0.481 e. The maximum atomic E-state index is 12.3. The quantitative estimate of drug-likeness (QED) is 0.812. The van der Waals surface area contributed by atoms with Crippen molar-refractivity contribution in [3.63, 3.8) is 0 Å². The fourth-order valence-electron chi connectivity index (χ4n) is 1.65. The zero-order valence-corrected chi connectivity index (χ0v) is 12.5. The number of hydrogen-bond acceptors (Lipinski definition) is 3. The molecule has 6 heteroatoms. The normalized spacial score (nSPS) is 10.5. The monoisotopic (exact) mass is 328 g/mol. The number of nitrogen functional groups attached to an aromatic ring is 1. The van der Waals surface area contributed by atoms with Crippen molar-refractivity contribution in [2.75, 3.05) is 12.3 Å². The maximum Gasteiger partial charge on any atom is 0.305 e. The van der Waals surface area contributed by atoms with E-state index in [1.54, 1.807) is 18.2 Å². The first-order valence-electron chi connectivity index (χ1n) is 5.90. The average molecular weight is 329 g/mol. The Kier molecular flexibility index (Phi) is 5.35. The molecule has 0 spiro atoms. The summed E-state index contributed by atoms with van der Waals surface area (Å²) in [5.41, 5.74) is 6.68. The van der Waals surface area contributed by atoms with Crippen molar-refractivity contribution in [1.82, 2.24) is 4.90 Å². The second-order valence-electron chi connectivity index (χ2n) is 4.47. The molecule has 1 aromatic carbocycles. The van der Waals surface area contributed by atoms with Crippen LogP contribution < -0.4 is 5.73 Å². The van der Waals surface area contributed by atoms with Crippen LogP contribution in [0.1, 0.15) is 30.6 Å². The number of nitrogens with two attached hydrogens (primary N) is 1. The predicted octanol–water partition coefficient (Wildman–Crippen LogP) is 2.36. The van der Waals surface area contributed by atoms with Gasteiger partial charge in [-0.2, -0.15) is 0 Å². The summed E-state index contributed by atoms with van der Waals surface area (Å²) in [6, 6.07) is 4.89. The van der Waals surface area contributed by atoms with E-state index in [4.69, 9.17) is 10.8 Å². The highest BCUT2D eigenvalue weighted by atomic mass is 79.9. The van der Waals surface area contributed by atoms with Crippen molar-refractivity contribution in [2.24, 2.45) is 0 Å². The van der Waals surface area contributed by atoms with Crippen LogP contribution in [0.25, 0.3) is 0 Å². The molecule has 104 valence electrons. The Hall–Kier alpha value is -1.56. The SMILES string of the molecule is CC(C)N(CCC(=O)O)C(=O)c1ccc(Br)c(N)c1. The highest BCUT2D eigenvalue weighted by molar-refractivity contribution is 9.10. The number of benzene rings is 1. The first-order chi connectivity index (χ1) is 8.82. The maximum absolute atomic E-state index is 12.3. The smallest absolute Gasteiger partial charge is 0.305 e. The number of carboxylic acids is 1. The third-order valence-electron chi connectivity index (χ3n) is 2.69. The molecule has 1 aromatic rings. The van der Waals surface area contributed by atoms with E-state index in [-0.39, 0.29) is 24.9 Å². The van der Waals surface area contributed by atoms with E-state index >= 15 is 0 Å². The molecular formula is C13H17BrN2O3. The summed E-state index contributed by atoms with van der Waals surface area (Å²) in [5, 5.41) is 8.71. The average Bonchev–Trinajstić information content (AvgIpc) is 2.31. The van der Waals surface area contributed by atoms with Crippen LogP contribution in [-0.2, 0) is 4.79 Å². The third-order valence-corrected chi connectivity index (χ3v) is 3.42. The van der Waals surface area contributed by atoms with Crippen LogP contribution >= 0.6 is 15.9 Å². The van der Waals surface area contributed by atoms with Gasteiger partial charge in [0.1, 0.15) is 0 Å². The first-order valence-corrected chi connectivity index (χ1v) is 6.70. The molecule has 0 radical (unpaired) electrons. The van der Waals surface area contributed by atoms with E-state index in [1.165, 1.54) is 4.90 Å². The minimum Gasteiger partial charge on any atom is -0.481 e. The van der Waals surface area contributed by atoms with E-state index in [9.17, 15) is 9.59 Å². The fourth-order valence-corrected chi connectivity index (χ4v) is 1.90. The summed E-state index contributed by atoms with van der Waals surface area (Å²) >= 11 is 3.27. The van der Waals surface area contributed by atoms with Gasteiger partial charge in [0.25, 0.3) is 5.91 Å². The Bertz CT molecular complexity index is 489. The number of carbonyl (C=O) groups is 2. The Balaban J connectivity index is 2.92. The molecule has 0 saturated carbocycles. The molecule has 0 atom stereocenters. The molecule has 0 saturated heterocycles. The van der Waals surface area contributed by atoms with Gasteiger partial charge in [0, 0.05) is 28.3 Å². The molecule has 19 heavy (non-hydrogen) atoms. The van der Waals surface area contributed by atoms with Gasteiger partial charge >= 0.3 is 5.97 Å². The fraction of sp³-hybridized carbons (Fsp3) is 0.385. The summed E-state index contributed by atoms with van der Waals surface area (Å²) in [4.78, 5) is 24.5. The molecule has 0 aliphatic rings. The number of halogens is 1. The second kappa shape index (κ2) is 6.56. The molecule has 0 aliphatic heterocycles. The summed E-state index contributed by atoms with van der Waals surface area (Å²) in [5.74, 6) is -1.13. The topological polar surface area (TPSA) is 83.6 Å². The van der Waals surface area contributed by atoms with E-state index in [0.29, 0.717) is 11.3 Å². The van der Waals surface area contributed by atoms with Gasteiger partial charge in [-0.3, -0.25) is 9.59 Å². The Labute approximate surface area is 120 Å². The molecule has 0 fully saturated rings. The van der Waals surface area contributed by atoms with Gasteiger partial charge in [-0.1, -0.05) is 0 Å². The third kappa shape index (κ3) is 4.24. The molecule has 0 aromatic heterocycles. The molecular weight excluding hydrogens is 312 g/mol. The summed E-state index contributed by atoms with van der Waals surface area (Å²) in [7, 11) is 0. The van der Waals surface area contributed by atoms with Crippen LogP contribution in [0.5, 0.6) is 0 Å². The number of anilines is 1. The second-order valence-corrected chi connectivity index (χ2v) is 5.33. The van der Waals surface area contributed by atoms with Gasteiger partial charge < -0.3 is 15.7 Å². The van der Waals surface area contributed by atoms with Crippen molar-refractivity contribution in [3.8, 4) is 0 Å². The predicted molar refractivity (Wildman–Crippen MR) is 77.0 cm³/mol. The molecule has 0 bridgehead atoms. The molecule has 1 rings (SSSR count). The van der Waals surface area contributed by atoms with Crippen LogP contribution in [-0.4, -0.2) is 34.5 Å². The number of nitrogens with zero attached hydrogens (tertiary/aromatic N) is 1. The van der Waals surface area contributed by atoms with Crippen molar-refractivity contribution in [1.29, 1.82) is 0 Å². The van der Waals surface area contributed by atoms with Gasteiger partial charge in [0.2, 0.25) is 0 Å². The minimum atomic E-state index is -0.922. The van der Waals surface area contributed by atoms with E-state index in [0.717, 1.165) is 4.47 Å². The molecule has 3 N–H and O–H groups in total. The van der Waals surface area contributed by atoms with Gasteiger partial charge in [-0.05, 0) is 48.0 Å². The number of carbonyl (C=O) groups excluding carboxylic acids is 1. The molecule has 5 nitrogen and oxygen atoms in total. The highest BCUT2D eigenvalue weighted by Crippen LogP contribution is 2.21. The van der Waals surface area contributed by atoms with Crippen LogP contribution in [0.15, 0.2) is 22.7 Å². The number of aliphatic carboxylic acids is 1. The zero-order chi connectivity index (χ0) is 14.6. The van der Waals surface area contributed by atoms with Crippen molar-refractivity contribution in [3.05, 3.63) is 28.2 Å². The molecule has 0 heterocycles. The minimum absolute atomic E-state index is 0.0725. The lowest BCUT2D eigenvalue weighted by molar-refractivity contribution is -0.137. The Morgan fingerprint density at radius 1 is 1.42 bits per heavy atom. The van der Waals surface area contributed by atoms with E-state index in [2.05, 4.69) is 15.9 Å². The van der Waals surface area contributed by atoms with Gasteiger partial charge in [-0.15, -0.1) is 0 Å². The Morgan fingerprint density at radius 2 is 2.05 bits per heavy atom. The lowest BCUT2D eigenvalue weighted by atomic mass is 10.1. The van der Waals surface area contributed by atoms with E-state index in [1.807, 2.05) is 13.8 Å². The Morgan fingerprint density at radius 3 is 2.53 bits per heavy atom. The van der Waals surface area contributed by atoms with Crippen LogP contribution in [0.4, 0.5) is 5.69 Å². The number of carboxylic acid groups (broad SMARTS) is 1. The van der Waals surface area contributed by atoms with Crippen molar-refractivity contribution < 1.29 is 14.7 Å². The number of hydrogen-bond donors (Lipinski definition) is 2. The van der Waals surface area contributed by atoms with Gasteiger partial charge in [0.05, 0.1) is 6.42 Å². The summed E-state index contributed by atoms with van der Waals surface area (Å²) in [6.07, 6.45) is -0.0735. The van der Waals surface area contributed by atoms with E-state index < -0.39 is 5.97 Å². The number of rotatable bonds is 5. The molecule has 1 amide bonds. The van der Waals surface area contributed by atoms with Crippen LogP contribution in [0.3, 0.4) is 0 Å². The van der Waals surface area contributed by atoms with Gasteiger partial charge in [0.15, 0.2) is 0 Å². The lowest BCUT2D eigenvalue weighted by Gasteiger charge is -2.26. The van der Waals surface area contributed by atoms with Crippen molar-refractivity contribution in [2.45, 2.75) is 26.3 Å². The molecule has 0 unspecified atom stereocenters. The zero-order valence-electron chi connectivity index (χ0n) is 10.9. The first kappa shape index (κ1) is 15.5. The lowest BCUT2D eigenvalue weighted by Crippen LogP contribution is -2.38. The van der Waals surface area contributed by atoms with Crippen LogP contribution in [0, 0.1) is 0 Å². The van der Waals surface area contributed by atoms with Crippen molar-refractivity contribution >= 4 is 33.5 Å². The summed E-state index contributed by atoms with van der Waals surface area (Å²) in [6.45, 7) is 3.88. The molecule has 0 aliphatic carbocycles.